The molecule has 0 aliphatic carbocycles. The van der Waals surface area contributed by atoms with Crippen molar-refractivity contribution in [3.63, 3.8) is 0 Å². The van der Waals surface area contributed by atoms with E-state index in [-0.39, 0.29) is 22.0 Å². The lowest BCUT2D eigenvalue weighted by Crippen LogP contribution is -2.23. The van der Waals surface area contributed by atoms with Crippen molar-refractivity contribution in [3.05, 3.63) is 70.0 Å². The van der Waals surface area contributed by atoms with E-state index in [0.717, 1.165) is 4.68 Å². The largest absolute Gasteiger partial charge is 0.321 e. The molecule has 0 unspecified atom stereocenters. The van der Waals surface area contributed by atoms with E-state index in [2.05, 4.69) is 25.1 Å². The number of rotatable bonds is 5. The second-order valence-corrected chi connectivity index (χ2v) is 7.89. The second kappa shape index (κ2) is 7.80. The zero-order valence-corrected chi connectivity index (χ0v) is 16.7. The summed E-state index contributed by atoms with van der Waals surface area (Å²) in [5.74, 6) is 0.0993. The monoisotopic (exact) mass is 414 g/mol. The number of benzene rings is 1. The molecule has 0 aliphatic rings. The maximum Gasteiger partial charge on any atom is 0.276 e. The van der Waals surface area contributed by atoms with E-state index in [4.69, 9.17) is 0 Å². The van der Waals surface area contributed by atoms with Crippen molar-refractivity contribution in [2.75, 3.05) is 10.0 Å². The molecule has 1 aromatic carbocycles. The van der Waals surface area contributed by atoms with E-state index < -0.39 is 15.9 Å². The fourth-order valence-corrected chi connectivity index (χ4v) is 3.49. The fraction of sp³-hybridized carbons (Fsp3) is 0.167. The Balaban J connectivity index is 1.75. The molecule has 2 heterocycles. The number of hydrogen-bond donors (Lipinski definition) is 2. The minimum absolute atomic E-state index is 0.00431. The molecule has 0 fully saturated rings. The van der Waals surface area contributed by atoms with E-state index in [1.165, 1.54) is 49.5 Å². The summed E-state index contributed by atoms with van der Waals surface area (Å²) in [7, 11) is -2.42. The maximum atomic E-state index is 12.5. The first-order valence-corrected chi connectivity index (χ1v) is 9.93. The minimum Gasteiger partial charge on any atom is -0.321 e. The van der Waals surface area contributed by atoms with Crippen LogP contribution in [0.4, 0.5) is 11.5 Å². The van der Waals surface area contributed by atoms with Crippen molar-refractivity contribution in [1.82, 2.24) is 19.7 Å². The van der Waals surface area contributed by atoms with Gasteiger partial charge in [-0.1, -0.05) is 0 Å². The Bertz CT molecular complexity index is 1220. The van der Waals surface area contributed by atoms with Crippen LogP contribution in [0.1, 0.15) is 22.0 Å². The number of aryl methyl sites for hydroxylation is 3. The molecule has 0 atom stereocenters. The molecule has 11 heteroatoms. The molecule has 2 aromatic heterocycles. The normalized spacial score (nSPS) is 11.1. The quantitative estimate of drug-likeness (QED) is 0.641. The van der Waals surface area contributed by atoms with Crippen molar-refractivity contribution in [1.29, 1.82) is 0 Å². The molecule has 2 N–H and O–H groups in total. The van der Waals surface area contributed by atoms with Gasteiger partial charge in [-0.15, -0.1) is 0 Å². The molecular formula is C18H18N6O4S. The van der Waals surface area contributed by atoms with Gasteiger partial charge in [-0.3, -0.25) is 14.3 Å². The van der Waals surface area contributed by atoms with Gasteiger partial charge >= 0.3 is 0 Å². The number of hydrogen-bond acceptors (Lipinski definition) is 7. The highest BCUT2D eigenvalue weighted by Crippen LogP contribution is 2.18. The van der Waals surface area contributed by atoms with E-state index in [0.29, 0.717) is 17.2 Å². The summed E-state index contributed by atoms with van der Waals surface area (Å²) >= 11 is 0. The van der Waals surface area contributed by atoms with Crippen molar-refractivity contribution >= 4 is 27.4 Å². The molecule has 0 radical (unpaired) electrons. The molecular weight excluding hydrogens is 396 g/mol. The summed E-state index contributed by atoms with van der Waals surface area (Å²) in [6.45, 7) is 3.41. The predicted molar refractivity (Wildman–Crippen MR) is 106 cm³/mol. The van der Waals surface area contributed by atoms with Gasteiger partial charge in [0.1, 0.15) is 17.3 Å². The van der Waals surface area contributed by atoms with Crippen molar-refractivity contribution in [2.24, 2.45) is 7.05 Å². The number of sulfonamides is 1. The Labute approximate surface area is 166 Å². The summed E-state index contributed by atoms with van der Waals surface area (Å²) in [5, 5.41) is 6.46. The van der Waals surface area contributed by atoms with Gasteiger partial charge in [-0.25, -0.2) is 23.1 Å². The molecule has 1 amide bonds. The summed E-state index contributed by atoms with van der Waals surface area (Å²) < 4.78 is 28.5. The van der Waals surface area contributed by atoms with Crippen LogP contribution in [-0.2, 0) is 17.1 Å². The van der Waals surface area contributed by atoms with Crippen molar-refractivity contribution in [3.8, 4) is 0 Å². The number of carbonyl (C=O) groups is 1. The van der Waals surface area contributed by atoms with E-state index >= 15 is 0 Å². The lowest BCUT2D eigenvalue weighted by molar-refractivity contribution is 0.102. The molecule has 10 nitrogen and oxygen atoms in total. The van der Waals surface area contributed by atoms with Gasteiger partial charge in [0.25, 0.3) is 21.5 Å². The molecule has 3 aromatic rings. The zero-order chi connectivity index (χ0) is 21.2. The molecule has 29 heavy (non-hydrogen) atoms. The van der Waals surface area contributed by atoms with Crippen LogP contribution < -0.4 is 15.6 Å². The number of nitrogens with one attached hydrogen (secondary N) is 2. The highest BCUT2D eigenvalue weighted by molar-refractivity contribution is 7.92. The third-order valence-electron chi connectivity index (χ3n) is 3.82. The maximum absolute atomic E-state index is 12.5. The zero-order valence-electron chi connectivity index (χ0n) is 15.9. The standard InChI is InChI=1S/C18H18N6O4S/c1-11-10-16(20-12(2)19-11)23-29(27,28)14-6-4-13(5-7-14)21-18(26)15-8-9-17(25)24(3)22-15/h4-10H,1-3H3,(H,21,26)(H,19,20,23). The van der Waals surface area contributed by atoms with Gasteiger partial charge in [0.15, 0.2) is 0 Å². The average molecular weight is 414 g/mol. The topological polar surface area (TPSA) is 136 Å². The van der Waals surface area contributed by atoms with Crippen molar-refractivity contribution < 1.29 is 13.2 Å². The molecule has 0 aliphatic heterocycles. The molecule has 0 spiro atoms. The van der Waals surface area contributed by atoms with Gasteiger partial charge in [-0.2, -0.15) is 5.10 Å². The molecule has 3 rings (SSSR count). The Morgan fingerprint density at radius 2 is 1.72 bits per heavy atom. The van der Waals surface area contributed by atoms with Crippen LogP contribution >= 0.6 is 0 Å². The second-order valence-electron chi connectivity index (χ2n) is 6.21. The van der Waals surface area contributed by atoms with Crippen LogP contribution in [0.5, 0.6) is 0 Å². The van der Waals surface area contributed by atoms with Crippen molar-refractivity contribution in [2.45, 2.75) is 18.7 Å². The van der Waals surface area contributed by atoms with Crippen LogP contribution in [-0.4, -0.2) is 34.1 Å². The first-order chi connectivity index (χ1) is 13.6. The Hall–Kier alpha value is -3.60. The minimum atomic E-state index is -3.86. The van der Waals surface area contributed by atoms with Crippen LogP contribution in [0.25, 0.3) is 0 Å². The van der Waals surface area contributed by atoms with Crippen LogP contribution in [0.3, 0.4) is 0 Å². The number of anilines is 2. The first-order valence-electron chi connectivity index (χ1n) is 8.45. The van der Waals surface area contributed by atoms with Gasteiger partial charge in [0.05, 0.1) is 4.90 Å². The Morgan fingerprint density at radius 3 is 2.34 bits per heavy atom. The van der Waals surface area contributed by atoms with E-state index in [1.54, 1.807) is 13.8 Å². The number of carbonyl (C=O) groups excluding carboxylic acids is 1. The summed E-state index contributed by atoms with van der Waals surface area (Å²) in [5.41, 5.74) is 0.733. The summed E-state index contributed by atoms with van der Waals surface area (Å²) in [6, 6.07) is 9.68. The molecule has 150 valence electrons. The van der Waals surface area contributed by atoms with E-state index in [1.807, 2.05) is 0 Å². The van der Waals surface area contributed by atoms with Crippen LogP contribution in [0.2, 0.25) is 0 Å². The number of amides is 1. The fourth-order valence-electron chi connectivity index (χ4n) is 2.50. The predicted octanol–water partition coefficient (Wildman–Crippen LogP) is 1.24. The number of nitrogens with zero attached hydrogens (tertiary/aromatic N) is 4. The Kier molecular flexibility index (Phi) is 5.41. The summed E-state index contributed by atoms with van der Waals surface area (Å²) in [6.07, 6.45) is 0. The average Bonchev–Trinajstić information content (AvgIpc) is 2.63. The van der Waals surface area contributed by atoms with Gasteiger partial charge in [0, 0.05) is 30.6 Å². The van der Waals surface area contributed by atoms with Gasteiger partial charge in [0.2, 0.25) is 0 Å². The molecule has 0 saturated carbocycles. The first kappa shape index (κ1) is 20.1. The van der Waals surface area contributed by atoms with E-state index in [9.17, 15) is 18.0 Å². The smallest absolute Gasteiger partial charge is 0.276 e. The Morgan fingerprint density at radius 1 is 1.03 bits per heavy atom. The molecule has 0 saturated heterocycles. The van der Waals surface area contributed by atoms with Crippen LogP contribution in [0, 0.1) is 13.8 Å². The van der Waals surface area contributed by atoms with Gasteiger partial charge < -0.3 is 5.32 Å². The number of aromatic nitrogens is 4. The SMILES string of the molecule is Cc1cc(NS(=O)(=O)c2ccc(NC(=O)c3ccc(=O)n(C)n3)cc2)nc(C)n1. The lowest BCUT2D eigenvalue weighted by Gasteiger charge is -2.10. The molecule has 0 bridgehead atoms. The summed E-state index contributed by atoms with van der Waals surface area (Å²) in [4.78, 5) is 31.7. The highest BCUT2D eigenvalue weighted by atomic mass is 32.2. The lowest BCUT2D eigenvalue weighted by atomic mass is 10.3. The van der Waals surface area contributed by atoms with Crippen LogP contribution in [0.15, 0.2) is 52.2 Å². The highest BCUT2D eigenvalue weighted by Gasteiger charge is 2.16. The van der Waals surface area contributed by atoms with Gasteiger partial charge in [-0.05, 0) is 44.2 Å². The third-order valence-corrected chi connectivity index (χ3v) is 5.19. The third kappa shape index (κ3) is 4.82.